The predicted molar refractivity (Wildman–Crippen MR) is 164 cm³/mol. The minimum atomic E-state index is -1.26. The van der Waals surface area contributed by atoms with E-state index in [9.17, 15) is 19.5 Å². The van der Waals surface area contributed by atoms with Crippen LogP contribution >= 0.6 is 23.1 Å². The van der Waals surface area contributed by atoms with E-state index in [1.165, 1.54) is 22.7 Å². The smallest absolute Gasteiger partial charge is 0.352 e. The van der Waals surface area contributed by atoms with Gasteiger partial charge in [0.25, 0.3) is 11.8 Å². The number of anilines is 1. The Morgan fingerprint density at radius 2 is 1.53 bits per heavy atom. The number of aliphatic carboxylic acids is 1. The number of oxime groups is 1. The number of benzene rings is 3. The Kier molecular flexibility index (Phi) is 7.70. The monoisotopic (exact) mass is 611 g/mol. The summed E-state index contributed by atoms with van der Waals surface area (Å²) in [5.41, 5.74) is 6.86. The van der Waals surface area contributed by atoms with Crippen LogP contribution in [0.3, 0.4) is 0 Å². The van der Waals surface area contributed by atoms with Crippen LogP contribution in [0.5, 0.6) is 0 Å². The zero-order valence-electron chi connectivity index (χ0n) is 22.5. The molecule has 216 valence electrons. The van der Waals surface area contributed by atoms with E-state index in [4.69, 9.17) is 10.6 Å². The van der Waals surface area contributed by atoms with Gasteiger partial charge >= 0.3 is 5.97 Å². The molecule has 3 heterocycles. The number of nitrogen functional groups attached to an aromatic ring is 1. The summed E-state index contributed by atoms with van der Waals surface area (Å²) in [6.07, 6.45) is 1.48. The van der Waals surface area contributed by atoms with Crippen molar-refractivity contribution < 1.29 is 24.3 Å². The summed E-state index contributed by atoms with van der Waals surface area (Å²) < 4.78 is 0. The molecule has 6 rings (SSSR count). The van der Waals surface area contributed by atoms with Crippen LogP contribution < -0.4 is 11.1 Å². The van der Waals surface area contributed by atoms with Crippen molar-refractivity contribution in [3.63, 3.8) is 0 Å². The van der Waals surface area contributed by atoms with Crippen molar-refractivity contribution in [1.82, 2.24) is 15.2 Å². The van der Waals surface area contributed by atoms with Gasteiger partial charge in [0.05, 0.1) is 0 Å². The zero-order chi connectivity index (χ0) is 30.0. The van der Waals surface area contributed by atoms with Crippen molar-refractivity contribution in [2.75, 3.05) is 11.5 Å². The summed E-state index contributed by atoms with van der Waals surface area (Å²) in [6, 6.07) is 27.7. The molecule has 43 heavy (non-hydrogen) atoms. The molecule has 4 N–H and O–H groups in total. The summed E-state index contributed by atoms with van der Waals surface area (Å²) in [6.45, 7) is 0. The van der Waals surface area contributed by atoms with Crippen LogP contribution in [0.15, 0.2) is 113 Å². The summed E-state index contributed by atoms with van der Waals surface area (Å²) in [5, 5.41) is 17.9. The average Bonchev–Trinajstić information content (AvgIpc) is 3.48. The Bertz CT molecular complexity index is 1630. The predicted octanol–water partition coefficient (Wildman–Crippen LogP) is 3.81. The number of carboxylic acid groups (broad SMARTS) is 1. The van der Waals surface area contributed by atoms with E-state index in [-0.39, 0.29) is 22.2 Å². The lowest BCUT2D eigenvalue weighted by Crippen LogP contribution is -2.70. The van der Waals surface area contributed by atoms with Gasteiger partial charge in [-0.2, -0.15) is 0 Å². The second-order valence-corrected chi connectivity index (χ2v) is 11.7. The van der Waals surface area contributed by atoms with Crippen LogP contribution in [0.1, 0.15) is 22.4 Å². The lowest BCUT2D eigenvalue weighted by molar-refractivity contribution is -0.150. The fourth-order valence-corrected chi connectivity index (χ4v) is 6.88. The number of fused-ring (bicyclic) bond motifs is 1. The van der Waals surface area contributed by atoms with Crippen molar-refractivity contribution in [2.45, 2.75) is 17.0 Å². The third kappa shape index (κ3) is 5.15. The lowest BCUT2D eigenvalue weighted by atomic mass is 9.80. The molecule has 2 atom stereocenters. The van der Waals surface area contributed by atoms with Crippen LogP contribution in [-0.4, -0.2) is 55.7 Å². The van der Waals surface area contributed by atoms with E-state index in [2.05, 4.69) is 15.5 Å². The van der Waals surface area contributed by atoms with E-state index in [1.807, 2.05) is 91.0 Å². The van der Waals surface area contributed by atoms with Gasteiger partial charge < -0.3 is 21.0 Å². The van der Waals surface area contributed by atoms with Gasteiger partial charge in [0.1, 0.15) is 22.8 Å². The first kappa shape index (κ1) is 28.2. The molecule has 0 bridgehead atoms. The molecule has 2 aliphatic heterocycles. The maximum atomic E-state index is 13.8. The highest BCUT2D eigenvalue weighted by molar-refractivity contribution is 8.00. The standard InChI is InChI=1S/C31H25N5O5S2/c32-30-33-22(18-43-30)24(26(37)34-25-27(38)36-23(29(39)40)16-17-42-28(25)36)35-41-31(19-10-4-1-5-11-19,20-12-6-2-7-13-20)21-14-8-3-9-15-21/h1-16,18,25,28H,17H2,(H2,32,33)(H,34,37)(H,39,40)/b35-24-. The van der Waals surface area contributed by atoms with Gasteiger partial charge in [-0.25, -0.2) is 9.78 Å². The molecule has 2 aliphatic rings. The second kappa shape index (κ2) is 11.7. The highest BCUT2D eigenvalue weighted by Gasteiger charge is 2.53. The highest BCUT2D eigenvalue weighted by atomic mass is 32.2. The first-order valence-electron chi connectivity index (χ1n) is 13.2. The summed E-state index contributed by atoms with van der Waals surface area (Å²) in [7, 11) is 0. The number of thioether (sulfide) groups is 1. The van der Waals surface area contributed by atoms with E-state index >= 15 is 0 Å². The zero-order valence-corrected chi connectivity index (χ0v) is 24.1. The largest absolute Gasteiger partial charge is 0.477 e. The molecule has 0 radical (unpaired) electrons. The molecule has 2 unspecified atom stereocenters. The molecule has 0 spiro atoms. The maximum Gasteiger partial charge on any atom is 0.352 e. The molecule has 1 aromatic heterocycles. The number of carboxylic acids is 1. The van der Waals surface area contributed by atoms with Crippen LogP contribution in [0.4, 0.5) is 5.13 Å². The van der Waals surface area contributed by atoms with Crippen molar-refractivity contribution in [3.05, 3.63) is 131 Å². The first-order chi connectivity index (χ1) is 20.9. The Labute approximate surface area is 254 Å². The number of carbonyl (C=O) groups is 3. The SMILES string of the molecule is Nc1nc(/C(=N/OC(c2ccccc2)(c2ccccc2)c2ccccc2)C(=O)NC2C(=O)N3C(C(=O)O)=CCSC23)cs1. The third-order valence-corrected chi connectivity index (χ3v) is 9.00. The summed E-state index contributed by atoms with van der Waals surface area (Å²) >= 11 is 2.49. The summed E-state index contributed by atoms with van der Waals surface area (Å²) in [4.78, 5) is 50.4. The summed E-state index contributed by atoms with van der Waals surface area (Å²) in [5.74, 6) is -2.04. The molecule has 0 aliphatic carbocycles. The Hall–Kier alpha value is -4.94. The van der Waals surface area contributed by atoms with Gasteiger partial charge in [0, 0.05) is 27.8 Å². The fourth-order valence-electron chi connectivity index (χ4n) is 5.14. The van der Waals surface area contributed by atoms with Gasteiger partial charge in [0.2, 0.25) is 5.60 Å². The Morgan fingerprint density at radius 1 is 0.977 bits per heavy atom. The molecule has 1 saturated heterocycles. The maximum absolute atomic E-state index is 13.8. The molecular formula is C31H25N5O5S2. The topological polar surface area (TPSA) is 147 Å². The third-order valence-electron chi connectivity index (χ3n) is 7.15. The Morgan fingerprint density at radius 3 is 2.02 bits per heavy atom. The Balaban J connectivity index is 1.41. The number of β-lactam (4-membered cyclic amide) rings is 1. The van der Waals surface area contributed by atoms with Crippen molar-refractivity contribution in [2.24, 2.45) is 5.16 Å². The lowest BCUT2D eigenvalue weighted by Gasteiger charge is -2.48. The molecule has 10 nitrogen and oxygen atoms in total. The van der Waals surface area contributed by atoms with Crippen LogP contribution in [-0.2, 0) is 24.8 Å². The fraction of sp³-hybridized carbons (Fsp3) is 0.129. The van der Waals surface area contributed by atoms with Gasteiger partial charge in [-0.15, -0.1) is 23.1 Å². The number of aromatic nitrogens is 1. The van der Waals surface area contributed by atoms with Crippen LogP contribution in [0, 0.1) is 0 Å². The van der Waals surface area contributed by atoms with Crippen LogP contribution in [0.25, 0.3) is 0 Å². The minimum Gasteiger partial charge on any atom is -0.477 e. The number of nitrogens with zero attached hydrogens (tertiary/aromatic N) is 3. The quantitative estimate of drug-likeness (QED) is 0.112. The van der Waals surface area contributed by atoms with Gasteiger partial charge in [-0.05, 0) is 6.08 Å². The number of hydrogen-bond donors (Lipinski definition) is 3. The molecule has 1 fully saturated rings. The van der Waals surface area contributed by atoms with Gasteiger partial charge in [-0.1, -0.05) is 96.2 Å². The second-order valence-electron chi connectivity index (χ2n) is 9.66. The van der Waals surface area contributed by atoms with Gasteiger partial charge in [0.15, 0.2) is 10.8 Å². The number of thiazole rings is 1. The average molecular weight is 612 g/mol. The number of amides is 2. The highest BCUT2D eigenvalue weighted by Crippen LogP contribution is 2.41. The normalized spacial score (nSPS) is 18.2. The van der Waals surface area contributed by atoms with Crippen molar-refractivity contribution >= 4 is 51.7 Å². The number of hydrogen-bond acceptors (Lipinski definition) is 9. The molecule has 4 aromatic rings. The first-order valence-corrected chi connectivity index (χ1v) is 15.2. The number of rotatable bonds is 9. The number of nitrogens with two attached hydrogens (primary N) is 1. The van der Waals surface area contributed by atoms with E-state index in [0.717, 1.165) is 28.0 Å². The molecule has 2 amide bonds. The molecule has 12 heteroatoms. The number of nitrogens with one attached hydrogen (secondary N) is 1. The van der Waals surface area contributed by atoms with E-state index in [0.29, 0.717) is 5.75 Å². The van der Waals surface area contributed by atoms with E-state index < -0.39 is 34.8 Å². The molecule has 0 saturated carbocycles. The molecular weight excluding hydrogens is 587 g/mol. The van der Waals surface area contributed by atoms with Crippen molar-refractivity contribution in [3.8, 4) is 0 Å². The minimum absolute atomic E-state index is 0.0953. The van der Waals surface area contributed by atoms with Crippen molar-refractivity contribution in [1.29, 1.82) is 0 Å². The molecule has 3 aromatic carbocycles. The van der Waals surface area contributed by atoms with E-state index in [1.54, 1.807) is 5.38 Å². The van der Waals surface area contributed by atoms with Crippen LogP contribution in [0.2, 0.25) is 0 Å². The number of carbonyl (C=O) groups excluding carboxylic acids is 2. The van der Waals surface area contributed by atoms with Gasteiger partial charge in [-0.3, -0.25) is 14.5 Å².